The molecule has 0 atom stereocenters. The van der Waals surface area contributed by atoms with Gasteiger partial charge in [0.05, 0.1) is 0 Å². The molecule has 0 aromatic carbocycles. The van der Waals surface area contributed by atoms with E-state index in [0.717, 1.165) is 6.54 Å². The molecule has 0 aliphatic carbocycles. The molecule has 0 aromatic heterocycles. The third-order valence-electron chi connectivity index (χ3n) is 0.640. The fourth-order valence-electron chi connectivity index (χ4n) is 0.294. The molecule has 0 radical (unpaired) electrons. The minimum absolute atomic E-state index is 0.0750. The van der Waals surface area contributed by atoms with Crippen molar-refractivity contribution in [2.24, 2.45) is 0 Å². The highest BCUT2D eigenvalue weighted by Gasteiger charge is 1.76. The highest BCUT2D eigenvalue weighted by molar-refractivity contribution is 5.87. The molecule has 8 heavy (non-hydrogen) atoms. The van der Waals surface area contributed by atoms with E-state index in [0.29, 0.717) is 0 Å². The zero-order valence-corrected chi connectivity index (χ0v) is 5.27. The Morgan fingerprint density at radius 1 is 1.75 bits per heavy atom. The number of allylic oxidation sites excluding steroid dienone is 1. The Labute approximate surface area is 49.6 Å². The lowest BCUT2D eigenvalue weighted by molar-refractivity contribution is -0.112. The van der Waals surface area contributed by atoms with Crippen molar-refractivity contribution >= 4 is 5.78 Å². The molecule has 46 valence electrons. The van der Waals surface area contributed by atoms with Crippen LogP contribution in [-0.2, 0) is 4.79 Å². The first-order chi connectivity index (χ1) is 3.77. The van der Waals surface area contributed by atoms with Crippen LogP contribution in [0.25, 0.3) is 0 Å². The smallest absolute Gasteiger partial charge is 0.154 e. The second-order valence-electron chi connectivity index (χ2n) is 1.50. The van der Waals surface area contributed by atoms with Crippen molar-refractivity contribution in [3.63, 3.8) is 0 Å². The zero-order chi connectivity index (χ0) is 6.41. The first-order valence-corrected chi connectivity index (χ1v) is 2.68. The number of rotatable bonds is 3. The van der Waals surface area contributed by atoms with Gasteiger partial charge >= 0.3 is 0 Å². The van der Waals surface area contributed by atoms with E-state index in [4.69, 9.17) is 0 Å². The number of carbonyl (C=O) groups is 1. The summed E-state index contributed by atoms with van der Waals surface area (Å²) in [6, 6.07) is 0. The second-order valence-corrected chi connectivity index (χ2v) is 1.50. The van der Waals surface area contributed by atoms with E-state index < -0.39 is 0 Å². The summed E-state index contributed by atoms with van der Waals surface area (Å²) in [5.74, 6) is 0.0750. The molecule has 0 rings (SSSR count). The summed E-state index contributed by atoms with van der Waals surface area (Å²) in [7, 11) is 0. The van der Waals surface area contributed by atoms with E-state index in [1.165, 1.54) is 13.0 Å². The maximum Gasteiger partial charge on any atom is 0.154 e. The second kappa shape index (κ2) is 4.37. The molecule has 0 heterocycles. The Balaban J connectivity index is 3.20. The van der Waals surface area contributed by atoms with E-state index in [-0.39, 0.29) is 5.78 Å². The third-order valence-corrected chi connectivity index (χ3v) is 0.640. The van der Waals surface area contributed by atoms with Crippen LogP contribution < -0.4 is 5.32 Å². The van der Waals surface area contributed by atoms with Crippen LogP contribution in [0.15, 0.2) is 12.3 Å². The molecule has 0 spiro atoms. The summed E-state index contributed by atoms with van der Waals surface area (Å²) < 4.78 is 0. The molecule has 0 unspecified atom stereocenters. The fraction of sp³-hybridized carbons (Fsp3) is 0.500. The van der Waals surface area contributed by atoms with Crippen molar-refractivity contribution in [3.8, 4) is 0 Å². The fourth-order valence-corrected chi connectivity index (χ4v) is 0.294. The molecular formula is C6H11NO. The van der Waals surface area contributed by atoms with E-state index in [1.807, 2.05) is 6.92 Å². The van der Waals surface area contributed by atoms with Crippen LogP contribution in [-0.4, -0.2) is 12.3 Å². The Kier molecular flexibility index (Phi) is 3.94. The highest BCUT2D eigenvalue weighted by atomic mass is 16.1. The van der Waals surface area contributed by atoms with E-state index >= 15 is 0 Å². The molecular weight excluding hydrogens is 102 g/mol. The standard InChI is InChI=1S/C6H11NO/c1-3-7-5-4-6(2)8/h4-5,7H,3H2,1-2H3/b5-4+. The zero-order valence-electron chi connectivity index (χ0n) is 5.27. The normalized spacial score (nSPS) is 9.75. The minimum Gasteiger partial charge on any atom is -0.391 e. The van der Waals surface area contributed by atoms with Gasteiger partial charge in [-0.1, -0.05) is 0 Å². The number of ketones is 1. The Morgan fingerprint density at radius 3 is 2.75 bits per heavy atom. The molecule has 2 nitrogen and oxygen atoms in total. The van der Waals surface area contributed by atoms with Gasteiger partial charge in [0.15, 0.2) is 5.78 Å². The summed E-state index contributed by atoms with van der Waals surface area (Å²) >= 11 is 0. The Bertz CT molecular complexity index is 96.7. The molecule has 0 aliphatic rings. The van der Waals surface area contributed by atoms with Gasteiger partial charge in [0.1, 0.15) is 0 Å². The average molecular weight is 113 g/mol. The number of nitrogens with one attached hydrogen (secondary N) is 1. The lowest BCUT2D eigenvalue weighted by Crippen LogP contribution is -2.02. The van der Waals surface area contributed by atoms with Crippen LogP contribution >= 0.6 is 0 Å². The van der Waals surface area contributed by atoms with Gasteiger partial charge in [-0.25, -0.2) is 0 Å². The molecule has 0 aliphatic heterocycles. The van der Waals surface area contributed by atoms with Crippen molar-refractivity contribution < 1.29 is 4.79 Å². The van der Waals surface area contributed by atoms with E-state index in [2.05, 4.69) is 5.32 Å². The summed E-state index contributed by atoms with van der Waals surface area (Å²) in [5, 5.41) is 2.88. The molecule has 0 saturated carbocycles. The van der Waals surface area contributed by atoms with Gasteiger partial charge in [0, 0.05) is 6.54 Å². The first-order valence-electron chi connectivity index (χ1n) is 2.68. The SMILES string of the molecule is CCN/C=C/C(C)=O. The number of carbonyl (C=O) groups excluding carboxylic acids is 1. The molecule has 0 fully saturated rings. The number of hydrogen-bond acceptors (Lipinski definition) is 2. The third kappa shape index (κ3) is 5.21. The summed E-state index contributed by atoms with van der Waals surface area (Å²) in [5.41, 5.74) is 0. The lowest BCUT2D eigenvalue weighted by atomic mass is 10.4. The van der Waals surface area contributed by atoms with Gasteiger partial charge in [0.25, 0.3) is 0 Å². The van der Waals surface area contributed by atoms with Crippen LogP contribution in [0.5, 0.6) is 0 Å². The molecule has 0 aromatic rings. The predicted octanol–water partition coefficient (Wildman–Crippen LogP) is 0.699. The monoisotopic (exact) mass is 113 g/mol. The van der Waals surface area contributed by atoms with Gasteiger partial charge in [-0.2, -0.15) is 0 Å². The largest absolute Gasteiger partial charge is 0.391 e. The quantitative estimate of drug-likeness (QED) is 0.546. The van der Waals surface area contributed by atoms with Crippen LogP contribution in [0.3, 0.4) is 0 Å². The molecule has 1 N–H and O–H groups in total. The minimum atomic E-state index is 0.0750. The van der Waals surface area contributed by atoms with Crippen molar-refractivity contribution in [2.45, 2.75) is 13.8 Å². The van der Waals surface area contributed by atoms with Crippen LogP contribution in [0.4, 0.5) is 0 Å². The van der Waals surface area contributed by atoms with E-state index in [1.54, 1.807) is 6.20 Å². The molecule has 2 heteroatoms. The molecule has 0 bridgehead atoms. The molecule has 0 saturated heterocycles. The maximum atomic E-state index is 10.2. The van der Waals surface area contributed by atoms with Crippen molar-refractivity contribution in [1.29, 1.82) is 0 Å². The van der Waals surface area contributed by atoms with Crippen LogP contribution in [0.1, 0.15) is 13.8 Å². The maximum absolute atomic E-state index is 10.2. The van der Waals surface area contributed by atoms with Crippen molar-refractivity contribution in [2.75, 3.05) is 6.54 Å². The Hall–Kier alpha value is -0.790. The van der Waals surface area contributed by atoms with Gasteiger partial charge in [0.2, 0.25) is 0 Å². The van der Waals surface area contributed by atoms with Crippen molar-refractivity contribution in [1.82, 2.24) is 5.32 Å². The molecule has 0 amide bonds. The Morgan fingerprint density at radius 2 is 2.38 bits per heavy atom. The lowest BCUT2D eigenvalue weighted by Gasteiger charge is -1.87. The van der Waals surface area contributed by atoms with Gasteiger partial charge in [-0.15, -0.1) is 0 Å². The van der Waals surface area contributed by atoms with Gasteiger partial charge in [-0.3, -0.25) is 4.79 Å². The number of hydrogen-bond donors (Lipinski definition) is 1. The van der Waals surface area contributed by atoms with Gasteiger partial charge in [-0.05, 0) is 26.1 Å². The summed E-state index contributed by atoms with van der Waals surface area (Å²) in [4.78, 5) is 10.2. The van der Waals surface area contributed by atoms with Gasteiger partial charge < -0.3 is 5.32 Å². The first kappa shape index (κ1) is 7.21. The highest BCUT2D eigenvalue weighted by Crippen LogP contribution is 1.68. The predicted molar refractivity (Wildman–Crippen MR) is 33.5 cm³/mol. The summed E-state index contributed by atoms with van der Waals surface area (Å²) in [6.07, 6.45) is 3.16. The topological polar surface area (TPSA) is 29.1 Å². The summed E-state index contributed by atoms with van der Waals surface area (Å²) in [6.45, 7) is 4.36. The van der Waals surface area contributed by atoms with Crippen molar-refractivity contribution in [3.05, 3.63) is 12.3 Å². The van der Waals surface area contributed by atoms with Crippen LogP contribution in [0.2, 0.25) is 0 Å². The average Bonchev–Trinajstić information content (AvgIpc) is 1.66. The van der Waals surface area contributed by atoms with E-state index in [9.17, 15) is 4.79 Å². The van der Waals surface area contributed by atoms with Crippen LogP contribution in [0, 0.1) is 0 Å².